The van der Waals surface area contributed by atoms with Crippen LogP contribution in [0.2, 0.25) is 0 Å². The summed E-state index contributed by atoms with van der Waals surface area (Å²) in [5, 5.41) is 0. The molecule has 212 valence electrons. The SMILES string of the molecule is c1ccc(-c2ccc(-c3cc(-c4ccccc4)nc(-c4ccc(-c5cccc6oc(-c7ccccc7)nc56)cc4)n3)cc2)cc1. The molecular formula is C41H27N3O. The van der Waals surface area contributed by atoms with E-state index in [9.17, 15) is 0 Å². The Kier molecular flexibility index (Phi) is 6.78. The maximum atomic E-state index is 6.12. The van der Waals surface area contributed by atoms with E-state index in [0.717, 1.165) is 55.9 Å². The van der Waals surface area contributed by atoms with Crippen molar-refractivity contribution in [2.24, 2.45) is 0 Å². The van der Waals surface area contributed by atoms with Gasteiger partial charge in [0.1, 0.15) is 5.52 Å². The first-order valence-corrected chi connectivity index (χ1v) is 14.9. The van der Waals surface area contributed by atoms with E-state index in [4.69, 9.17) is 19.4 Å². The molecule has 0 amide bonds. The summed E-state index contributed by atoms with van der Waals surface area (Å²) in [6, 6.07) is 55.7. The average molecular weight is 578 g/mol. The summed E-state index contributed by atoms with van der Waals surface area (Å²) < 4.78 is 6.12. The zero-order valence-electron chi connectivity index (χ0n) is 24.3. The molecule has 0 aliphatic heterocycles. The summed E-state index contributed by atoms with van der Waals surface area (Å²) in [5.74, 6) is 1.29. The molecule has 0 bridgehead atoms. The van der Waals surface area contributed by atoms with Crippen LogP contribution in [-0.4, -0.2) is 15.0 Å². The second-order valence-electron chi connectivity index (χ2n) is 10.9. The first kappa shape index (κ1) is 26.5. The van der Waals surface area contributed by atoms with Crippen LogP contribution < -0.4 is 0 Å². The van der Waals surface area contributed by atoms with Crippen molar-refractivity contribution in [1.82, 2.24) is 15.0 Å². The Morgan fingerprint density at radius 1 is 0.356 bits per heavy atom. The van der Waals surface area contributed by atoms with Gasteiger partial charge in [0.25, 0.3) is 0 Å². The lowest BCUT2D eigenvalue weighted by atomic mass is 10.0. The average Bonchev–Trinajstić information content (AvgIpc) is 3.58. The van der Waals surface area contributed by atoms with E-state index < -0.39 is 0 Å². The lowest BCUT2D eigenvalue weighted by molar-refractivity contribution is 0.620. The molecule has 0 aliphatic rings. The van der Waals surface area contributed by atoms with Gasteiger partial charge in [0.15, 0.2) is 11.4 Å². The number of nitrogens with zero attached hydrogens (tertiary/aromatic N) is 3. The zero-order valence-corrected chi connectivity index (χ0v) is 24.3. The molecule has 8 aromatic rings. The number of aromatic nitrogens is 3. The predicted molar refractivity (Wildman–Crippen MR) is 182 cm³/mol. The molecule has 8 rings (SSSR count). The maximum Gasteiger partial charge on any atom is 0.227 e. The molecule has 45 heavy (non-hydrogen) atoms. The molecule has 0 spiro atoms. The minimum absolute atomic E-state index is 0.616. The Bertz CT molecular complexity index is 2220. The third kappa shape index (κ3) is 5.30. The number of hydrogen-bond acceptors (Lipinski definition) is 4. The predicted octanol–water partition coefficient (Wildman–Crippen LogP) is 10.6. The summed E-state index contributed by atoms with van der Waals surface area (Å²) in [5.41, 5.74) is 11.8. The first-order valence-electron chi connectivity index (χ1n) is 14.9. The van der Waals surface area contributed by atoms with Gasteiger partial charge in [0.05, 0.1) is 11.4 Å². The Morgan fingerprint density at radius 3 is 1.49 bits per heavy atom. The van der Waals surface area contributed by atoms with Crippen molar-refractivity contribution in [3.8, 4) is 67.6 Å². The van der Waals surface area contributed by atoms with Crippen LogP contribution in [0.25, 0.3) is 78.7 Å². The molecule has 0 radical (unpaired) electrons. The fourth-order valence-electron chi connectivity index (χ4n) is 5.63. The number of fused-ring (bicyclic) bond motifs is 1. The van der Waals surface area contributed by atoms with Gasteiger partial charge in [-0.15, -0.1) is 0 Å². The molecule has 0 aliphatic carbocycles. The van der Waals surface area contributed by atoms with Crippen LogP contribution in [0.3, 0.4) is 0 Å². The van der Waals surface area contributed by atoms with Gasteiger partial charge in [-0.2, -0.15) is 0 Å². The standard InChI is InChI=1S/C41H27N3O/c1-4-11-28(12-5-1)29-19-23-32(24-20-29)37-27-36(31-13-6-2-7-14-31)42-40(43-37)33-25-21-30(22-26-33)35-17-10-18-38-39(35)44-41(45-38)34-15-8-3-9-16-34/h1-27H. The van der Waals surface area contributed by atoms with Crippen LogP contribution >= 0.6 is 0 Å². The fourth-order valence-corrected chi connectivity index (χ4v) is 5.63. The molecule has 4 nitrogen and oxygen atoms in total. The summed E-state index contributed by atoms with van der Waals surface area (Å²) in [4.78, 5) is 14.9. The molecule has 0 fully saturated rings. The zero-order chi connectivity index (χ0) is 30.0. The van der Waals surface area contributed by atoms with E-state index in [0.29, 0.717) is 11.7 Å². The molecule has 2 heterocycles. The van der Waals surface area contributed by atoms with Crippen molar-refractivity contribution in [3.05, 3.63) is 164 Å². The number of rotatable bonds is 6. The van der Waals surface area contributed by atoms with Crippen molar-refractivity contribution < 1.29 is 4.42 Å². The molecule has 0 saturated carbocycles. The molecule has 0 saturated heterocycles. The van der Waals surface area contributed by atoms with Gasteiger partial charge in [-0.1, -0.05) is 140 Å². The van der Waals surface area contributed by atoms with Crippen molar-refractivity contribution >= 4 is 11.1 Å². The summed E-state index contributed by atoms with van der Waals surface area (Å²) in [6.45, 7) is 0. The largest absolute Gasteiger partial charge is 0.436 e. The first-order chi connectivity index (χ1) is 22.3. The third-order valence-corrected chi connectivity index (χ3v) is 7.98. The van der Waals surface area contributed by atoms with Gasteiger partial charge in [-0.25, -0.2) is 15.0 Å². The van der Waals surface area contributed by atoms with Gasteiger partial charge < -0.3 is 4.42 Å². The quantitative estimate of drug-likeness (QED) is 0.197. The topological polar surface area (TPSA) is 51.8 Å². The van der Waals surface area contributed by atoms with E-state index in [1.54, 1.807) is 0 Å². The molecule has 2 aromatic heterocycles. The number of benzene rings is 6. The maximum absolute atomic E-state index is 6.12. The molecule has 0 unspecified atom stereocenters. The molecule has 0 N–H and O–H groups in total. The van der Waals surface area contributed by atoms with Crippen molar-refractivity contribution in [2.45, 2.75) is 0 Å². The van der Waals surface area contributed by atoms with Crippen LogP contribution in [0.4, 0.5) is 0 Å². The van der Waals surface area contributed by atoms with Crippen molar-refractivity contribution in [3.63, 3.8) is 0 Å². The van der Waals surface area contributed by atoms with Gasteiger partial charge in [-0.3, -0.25) is 0 Å². The van der Waals surface area contributed by atoms with Crippen molar-refractivity contribution in [2.75, 3.05) is 0 Å². The highest BCUT2D eigenvalue weighted by molar-refractivity contribution is 5.92. The second kappa shape index (κ2) is 11.5. The van der Waals surface area contributed by atoms with Gasteiger partial charge in [-0.05, 0) is 41.0 Å². The van der Waals surface area contributed by atoms with Crippen LogP contribution in [0.1, 0.15) is 0 Å². The smallest absolute Gasteiger partial charge is 0.227 e. The highest BCUT2D eigenvalue weighted by atomic mass is 16.3. The molecular weight excluding hydrogens is 550 g/mol. The van der Waals surface area contributed by atoms with E-state index in [1.807, 2.05) is 66.7 Å². The van der Waals surface area contributed by atoms with Gasteiger partial charge >= 0.3 is 0 Å². The Balaban J connectivity index is 1.17. The van der Waals surface area contributed by atoms with Crippen molar-refractivity contribution in [1.29, 1.82) is 0 Å². The Hall–Kier alpha value is -6.13. The summed E-state index contributed by atoms with van der Waals surface area (Å²) in [7, 11) is 0. The fraction of sp³-hybridized carbons (Fsp3) is 0. The van der Waals surface area contributed by atoms with E-state index in [2.05, 4.69) is 97.1 Å². The summed E-state index contributed by atoms with van der Waals surface area (Å²) in [6.07, 6.45) is 0. The van der Waals surface area contributed by atoms with E-state index in [-0.39, 0.29) is 0 Å². The molecule has 0 atom stereocenters. The summed E-state index contributed by atoms with van der Waals surface area (Å²) >= 11 is 0. The van der Waals surface area contributed by atoms with Gasteiger partial charge in [0.2, 0.25) is 5.89 Å². The Labute approximate surface area is 261 Å². The third-order valence-electron chi connectivity index (χ3n) is 7.98. The number of oxazole rings is 1. The van der Waals surface area contributed by atoms with Crippen LogP contribution in [-0.2, 0) is 0 Å². The molecule has 4 heteroatoms. The van der Waals surface area contributed by atoms with E-state index in [1.165, 1.54) is 11.1 Å². The minimum atomic E-state index is 0.616. The minimum Gasteiger partial charge on any atom is -0.436 e. The lowest BCUT2D eigenvalue weighted by Crippen LogP contribution is -1.96. The normalized spacial score (nSPS) is 11.1. The Morgan fingerprint density at radius 2 is 0.844 bits per heavy atom. The number of para-hydroxylation sites is 1. The highest BCUT2D eigenvalue weighted by Gasteiger charge is 2.14. The number of hydrogen-bond donors (Lipinski definition) is 0. The monoisotopic (exact) mass is 577 g/mol. The molecule has 6 aromatic carbocycles. The van der Waals surface area contributed by atoms with E-state index >= 15 is 0 Å². The van der Waals surface area contributed by atoms with Crippen LogP contribution in [0.15, 0.2) is 168 Å². The van der Waals surface area contributed by atoms with Crippen LogP contribution in [0, 0.1) is 0 Å². The van der Waals surface area contributed by atoms with Gasteiger partial charge in [0, 0.05) is 27.8 Å². The van der Waals surface area contributed by atoms with Crippen LogP contribution in [0.5, 0.6) is 0 Å². The lowest BCUT2D eigenvalue weighted by Gasteiger charge is -2.11. The highest BCUT2D eigenvalue weighted by Crippen LogP contribution is 2.34. The second-order valence-corrected chi connectivity index (χ2v) is 10.9.